The number of nitrogens with two attached hydrogens (primary N) is 1. The van der Waals surface area contributed by atoms with Crippen LogP contribution in [0.4, 0.5) is 4.39 Å². The number of rotatable bonds is 7. The van der Waals surface area contributed by atoms with E-state index in [2.05, 4.69) is 22.5 Å². The minimum atomic E-state index is -0.388. The fourth-order valence-corrected chi connectivity index (χ4v) is 4.11. The molecule has 1 saturated heterocycles. The van der Waals surface area contributed by atoms with Gasteiger partial charge in [0.25, 0.3) is 0 Å². The Morgan fingerprint density at radius 2 is 2.08 bits per heavy atom. The molecule has 0 spiro atoms. The number of aliphatic imine (C=N–C) groups is 1. The average molecular weight is 494 g/mol. The number of halogens is 2. The molecule has 146 valence electrons. The quantitative estimate of drug-likeness (QED) is 0.309. The van der Waals surface area contributed by atoms with Crippen LogP contribution >= 0.6 is 35.7 Å². The Hall–Kier alpha value is -1.03. The lowest BCUT2D eigenvalue weighted by Gasteiger charge is -2.25. The van der Waals surface area contributed by atoms with E-state index >= 15 is 0 Å². The van der Waals surface area contributed by atoms with Gasteiger partial charge in [-0.3, -0.25) is 9.79 Å². The van der Waals surface area contributed by atoms with E-state index in [9.17, 15) is 9.18 Å². The van der Waals surface area contributed by atoms with Crippen molar-refractivity contribution in [2.75, 3.05) is 25.9 Å². The zero-order chi connectivity index (χ0) is 18.3. The summed E-state index contributed by atoms with van der Waals surface area (Å²) in [5, 5.41) is 6.51. The van der Waals surface area contributed by atoms with E-state index in [0.717, 1.165) is 12.1 Å². The number of guanidine groups is 1. The van der Waals surface area contributed by atoms with E-state index in [-0.39, 0.29) is 46.4 Å². The highest BCUT2D eigenvalue weighted by Crippen LogP contribution is 2.36. The molecule has 1 aliphatic rings. The summed E-state index contributed by atoms with van der Waals surface area (Å²) in [6.45, 7) is 3.47. The molecular formula is C18H28FIN4OS. The van der Waals surface area contributed by atoms with Crippen LogP contribution in [0.25, 0.3) is 0 Å². The Kier molecular flexibility index (Phi) is 9.70. The van der Waals surface area contributed by atoms with Crippen molar-refractivity contribution in [2.24, 2.45) is 16.6 Å². The third-order valence-electron chi connectivity index (χ3n) is 4.47. The molecule has 1 amide bonds. The molecule has 2 rings (SSSR count). The first-order valence-corrected chi connectivity index (χ1v) is 9.53. The molecule has 0 aromatic heterocycles. The monoisotopic (exact) mass is 494 g/mol. The highest BCUT2D eigenvalue weighted by atomic mass is 127. The van der Waals surface area contributed by atoms with Crippen molar-refractivity contribution in [2.45, 2.75) is 30.9 Å². The molecule has 26 heavy (non-hydrogen) atoms. The fraction of sp³-hybridized carbons (Fsp3) is 0.556. The zero-order valence-corrected chi connectivity index (χ0v) is 18.4. The van der Waals surface area contributed by atoms with E-state index in [0.29, 0.717) is 18.9 Å². The summed E-state index contributed by atoms with van der Waals surface area (Å²) in [4.78, 5) is 15.9. The molecule has 4 N–H and O–H groups in total. The maximum Gasteiger partial charge on any atom is 0.222 e. The van der Waals surface area contributed by atoms with Crippen LogP contribution in [-0.4, -0.2) is 42.5 Å². The number of carbonyl (C=O) groups excluding carboxylic acids is 1. The number of primary amides is 1. The molecule has 1 heterocycles. The normalized spacial score (nSPS) is 21.0. The number of nitrogens with one attached hydrogen (secondary N) is 2. The molecule has 1 aromatic carbocycles. The number of benzene rings is 1. The lowest BCUT2D eigenvalue weighted by molar-refractivity contribution is -0.121. The Balaban J connectivity index is 0.00000338. The molecule has 5 nitrogen and oxygen atoms in total. The van der Waals surface area contributed by atoms with E-state index in [1.54, 1.807) is 19.2 Å². The first kappa shape index (κ1) is 23.0. The minimum absolute atomic E-state index is 0. The highest BCUT2D eigenvalue weighted by molar-refractivity contribution is 14.0. The van der Waals surface area contributed by atoms with Gasteiger partial charge in [0.1, 0.15) is 5.82 Å². The number of carbonyl (C=O) groups is 1. The van der Waals surface area contributed by atoms with Crippen LogP contribution in [-0.2, 0) is 11.2 Å². The Labute approximate surface area is 176 Å². The average Bonchev–Trinajstić information content (AvgIpc) is 3.02. The molecular weight excluding hydrogens is 466 g/mol. The molecule has 0 radical (unpaired) electrons. The summed E-state index contributed by atoms with van der Waals surface area (Å²) in [5.41, 5.74) is 6.40. The van der Waals surface area contributed by atoms with Crippen LogP contribution in [0.3, 0.4) is 0 Å². The van der Waals surface area contributed by atoms with E-state index in [1.807, 2.05) is 11.8 Å². The van der Waals surface area contributed by atoms with Crippen LogP contribution in [0.2, 0.25) is 0 Å². The van der Waals surface area contributed by atoms with Crippen molar-refractivity contribution in [1.82, 2.24) is 10.6 Å². The van der Waals surface area contributed by atoms with Gasteiger partial charge in [0, 0.05) is 24.9 Å². The fourth-order valence-electron chi connectivity index (χ4n) is 2.87. The Morgan fingerprint density at radius 1 is 1.38 bits per heavy atom. The van der Waals surface area contributed by atoms with Gasteiger partial charge < -0.3 is 16.4 Å². The van der Waals surface area contributed by atoms with Crippen LogP contribution in [0.5, 0.6) is 0 Å². The third kappa shape index (κ3) is 7.30. The Morgan fingerprint density at radius 3 is 2.62 bits per heavy atom. The van der Waals surface area contributed by atoms with Gasteiger partial charge in [0.15, 0.2) is 5.96 Å². The second-order valence-corrected chi connectivity index (χ2v) is 8.32. The van der Waals surface area contributed by atoms with Gasteiger partial charge in [-0.2, -0.15) is 11.8 Å². The number of nitrogens with zero attached hydrogens (tertiary/aromatic N) is 1. The van der Waals surface area contributed by atoms with Gasteiger partial charge >= 0.3 is 0 Å². The first-order valence-electron chi connectivity index (χ1n) is 8.54. The summed E-state index contributed by atoms with van der Waals surface area (Å²) < 4.78 is 13.2. The van der Waals surface area contributed by atoms with E-state index < -0.39 is 0 Å². The summed E-state index contributed by atoms with van der Waals surface area (Å²) in [7, 11) is 1.71. The summed E-state index contributed by atoms with van der Waals surface area (Å²) in [5.74, 6) is 0.802. The second-order valence-electron chi connectivity index (χ2n) is 6.64. The predicted octanol–water partition coefficient (Wildman–Crippen LogP) is 2.54. The van der Waals surface area contributed by atoms with E-state index in [1.165, 1.54) is 30.7 Å². The number of hydrogen-bond acceptors (Lipinski definition) is 3. The van der Waals surface area contributed by atoms with Gasteiger partial charge in [-0.1, -0.05) is 12.1 Å². The van der Waals surface area contributed by atoms with Crippen LogP contribution < -0.4 is 16.4 Å². The van der Waals surface area contributed by atoms with Gasteiger partial charge in [0.2, 0.25) is 5.91 Å². The predicted molar refractivity (Wildman–Crippen MR) is 118 cm³/mol. The van der Waals surface area contributed by atoms with Crippen molar-refractivity contribution in [3.05, 3.63) is 35.6 Å². The third-order valence-corrected chi connectivity index (χ3v) is 6.01. The highest BCUT2D eigenvalue weighted by Gasteiger charge is 2.29. The molecule has 0 saturated carbocycles. The molecule has 1 aliphatic heterocycles. The van der Waals surface area contributed by atoms with Crippen molar-refractivity contribution in [1.29, 1.82) is 0 Å². The van der Waals surface area contributed by atoms with Crippen molar-refractivity contribution >= 4 is 47.6 Å². The number of hydrogen-bond donors (Lipinski definition) is 3. The molecule has 8 heteroatoms. The van der Waals surface area contributed by atoms with E-state index in [4.69, 9.17) is 5.73 Å². The lowest BCUT2D eigenvalue weighted by Crippen LogP contribution is -2.46. The largest absolute Gasteiger partial charge is 0.369 e. The van der Waals surface area contributed by atoms with Gasteiger partial charge in [-0.25, -0.2) is 4.39 Å². The SMILES string of the molecule is CN=C(NCC(Cc1ccc(F)cc1)C(N)=O)NCC1(C)CCCS1.I. The molecule has 1 fully saturated rings. The number of amides is 1. The molecule has 2 unspecified atom stereocenters. The summed E-state index contributed by atoms with van der Waals surface area (Å²) >= 11 is 1.98. The first-order chi connectivity index (χ1) is 11.9. The molecule has 0 aliphatic carbocycles. The minimum Gasteiger partial charge on any atom is -0.369 e. The molecule has 2 atom stereocenters. The smallest absolute Gasteiger partial charge is 0.222 e. The van der Waals surface area contributed by atoms with Gasteiger partial charge in [0.05, 0.1) is 5.92 Å². The zero-order valence-electron chi connectivity index (χ0n) is 15.3. The number of thioether (sulfide) groups is 1. The maximum absolute atomic E-state index is 13.0. The van der Waals surface area contributed by atoms with Crippen LogP contribution in [0, 0.1) is 11.7 Å². The van der Waals surface area contributed by atoms with Crippen molar-refractivity contribution < 1.29 is 9.18 Å². The summed E-state index contributed by atoms with van der Waals surface area (Å²) in [6.07, 6.45) is 2.90. The lowest BCUT2D eigenvalue weighted by atomic mass is 9.98. The summed E-state index contributed by atoms with van der Waals surface area (Å²) in [6, 6.07) is 6.13. The standard InChI is InChI=1S/C18H27FN4OS.HI/c1-18(8-3-9-25-18)12-23-17(21-2)22-11-14(16(20)24)10-13-4-6-15(19)7-5-13;/h4-7,14H,3,8-12H2,1-2H3,(H2,20,24)(H2,21,22,23);1H. The van der Waals surface area contributed by atoms with Crippen molar-refractivity contribution in [3.63, 3.8) is 0 Å². The maximum atomic E-state index is 13.0. The second kappa shape index (κ2) is 11.0. The van der Waals surface area contributed by atoms with Gasteiger partial charge in [-0.15, -0.1) is 24.0 Å². The van der Waals surface area contributed by atoms with Crippen LogP contribution in [0.1, 0.15) is 25.3 Å². The van der Waals surface area contributed by atoms with Gasteiger partial charge in [-0.05, 0) is 49.6 Å². The molecule has 0 bridgehead atoms. The molecule has 1 aromatic rings. The van der Waals surface area contributed by atoms with Crippen LogP contribution in [0.15, 0.2) is 29.3 Å². The van der Waals surface area contributed by atoms with Crippen molar-refractivity contribution in [3.8, 4) is 0 Å². The topological polar surface area (TPSA) is 79.5 Å². The Bertz CT molecular complexity index is 606.